The van der Waals surface area contributed by atoms with Gasteiger partial charge < -0.3 is 9.47 Å². The summed E-state index contributed by atoms with van der Waals surface area (Å²) in [6.45, 7) is 0.823. The van der Waals surface area contributed by atoms with Gasteiger partial charge in [0.1, 0.15) is 0 Å². The van der Waals surface area contributed by atoms with Gasteiger partial charge in [0, 0.05) is 0 Å². The highest BCUT2D eigenvalue weighted by Gasteiger charge is 2.28. The van der Waals surface area contributed by atoms with Crippen LogP contribution in [0.25, 0.3) is 0 Å². The molecule has 0 spiro atoms. The Labute approximate surface area is 85.6 Å². The SMILES string of the molecule is CCOc1ccccc1OCC(F)(F)F. The number of hydrogen-bond acceptors (Lipinski definition) is 2. The van der Waals surface area contributed by atoms with E-state index >= 15 is 0 Å². The molecule has 0 atom stereocenters. The van der Waals surface area contributed by atoms with Crippen LogP contribution in [0.1, 0.15) is 6.92 Å². The number of halogens is 3. The molecule has 0 fully saturated rings. The lowest BCUT2D eigenvalue weighted by Crippen LogP contribution is -2.19. The number of ether oxygens (including phenoxy) is 2. The average Bonchev–Trinajstić information content (AvgIpc) is 2.16. The normalized spacial score (nSPS) is 11.2. The lowest BCUT2D eigenvalue weighted by molar-refractivity contribution is -0.153. The molecule has 0 saturated carbocycles. The average molecular weight is 220 g/mol. The number of rotatable bonds is 4. The first-order chi connectivity index (χ1) is 7.03. The minimum absolute atomic E-state index is 0.108. The first-order valence-corrected chi connectivity index (χ1v) is 4.44. The molecule has 1 rings (SSSR count). The quantitative estimate of drug-likeness (QED) is 0.776. The summed E-state index contributed by atoms with van der Waals surface area (Å²) in [5.74, 6) is 0.431. The van der Waals surface area contributed by atoms with Crippen molar-refractivity contribution in [1.82, 2.24) is 0 Å². The first kappa shape index (κ1) is 11.7. The highest BCUT2D eigenvalue weighted by Crippen LogP contribution is 2.28. The van der Waals surface area contributed by atoms with E-state index in [1.165, 1.54) is 6.07 Å². The molecule has 5 heteroatoms. The fourth-order valence-corrected chi connectivity index (χ4v) is 1.00. The van der Waals surface area contributed by atoms with E-state index in [0.717, 1.165) is 0 Å². The summed E-state index contributed by atoms with van der Waals surface area (Å²) in [4.78, 5) is 0. The molecule has 0 aromatic heterocycles. The van der Waals surface area contributed by atoms with E-state index in [1.54, 1.807) is 25.1 Å². The highest BCUT2D eigenvalue weighted by atomic mass is 19.4. The number of benzene rings is 1. The van der Waals surface area contributed by atoms with Crippen molar-refractivity contribution in [3.05, 3.63) is 24.3 Å². The third kappa shape index (κ3) is 4.10. The minimum atomic E-state index is -4.33. The van der Waals surface area contributed by atoms with Crippen molar-refractivity contribution in [2.45, 2.75) is 13.1 Å². The standard InChI is InChI=1S/C10H11F3O2/c1-2-14-8-5-3-4-6-9(8)15-7-10(11,12)13/h3-6H,2,7H2,1H3. The molecule has 0 amide bonds. The van der Waals surface area contributed by atoms with Crippen LogP contribution in [0.5, 0.6) is 11.5 Å². The van der Waals surface area contributed by atoms with Gasteiger partial charge in [-0.25, -0.2) is 0 Å². The molecule has 1 aromatic carbocycles. The monoisotopic (exact) mass is 220 g/mol. The van der Waals surface area contributed by atoms with Gasteiger partial charge in [0.2, 0.25) is 0 Å². The molecule has 0 aliphatic rings. The summed E-state index contributed by atoms with van der Waals surface area (Å²) in [5.41, 5.74) is 0. The molecule has 0 radical (unpaired) electrons. The molecule has 0 aliphatic heterocycles. The predicted molar refractivity (Wildman–Crippen MR) is 49.2 cm³/mol. The summed E-state index contributed by atoms with van der Waals surface area (Å²) in [5, 5.41) is 0. The fourth-order valence-electron chi connectivity index (χ4n) is 1.00. The Morgan fingerprint density at radius 3 is 2.07 bits per heavy atom. The van der Waals surface area contributed by atoms with Gasteiger partial charge in [-0.1, -0.05) is 12.1 Å². The van der Waals surface area contributed by atoms with Crippen molar-refractivity contribution in [3.8, 4) is 11.5 Å². The maximum atomic E-state index is 11.9. The van der Waals surface area contributed by atoms with Crippen LogP contribution in [-0.4, -0.2) is 19.4 Å². The predicted octanol–water partition coefficient (Wildman–Crippen LogP) is 3.03. The van der Waals surface area contributed by atoms with Gasteiger partial charge in [-0.15, -0.1) is 0 Å². The summed E-state index contributed by atoms with van der Waals surface area (Å²) < 4.78 is 45.4. The smallest absolute Gasteiger partial charge is 0.422 e. The third-order valence-corrected chi connectivity index (χ3v) is 1.54. The van der Waals surface area contributed by atoms with E-state index in [2.05, 4.69) is 4.74 Å². The molecular weight excluding hydrogens is 209 g/mol. The fraction of sp³-hybridized carbons (Fsp3) is 0.400. The van der Waals surface area contributed by atoms with Crippen LogP contribution in [0.3, 0.4) is 0 Å². The van der Waals surface area contributed by atoms with Gasteiger partial charge in [-0.3, -0.25) is 0 Å². The molecule has 0 saturated heterocycles. The second-order valence-corrected chi connectivity index (χ2v) is 2.78. The molecule has 1 aromatic rings. The van der Waals surface area contributed by atoms with Gasteiger partial charge in [0.15, 0.2) is 18.1 Å². The van der Waals surface area contributed by atoms with Gasteiger partial charge in [-0.2, -0.15) is 13.2 Å². The summed E-state index contributed by atoms with van der Waals surface area (Å²) in [7, 11) is 0. The second-order valence-electron chi connectivity index (χ2n) is 2.78. The lowest BCUT2D eigenvalue weighted by Gasteiger charge is -2.12. The Balaban J connectivity index is 2.67. The molecule has 2 nitrogen and oxygen atoms in total. The van der Waals surface area contributed by atoms with Crippen LogP contribution in [0.4, 0.5) is 13.2 Å². The van der Waals surface area contributed by atoms with Crippen LogP contribution in [-0.2, 0) is 0 Å². The van der Waals surface area contributed by atoms with Gasteiger partial charge >= 0.3 is 6.18 Å². The van der Waals surface area contributed by atoms with E-state index in [9.17, 15) is 13.2 Å². The van der Waals surface area contributed by atoms with Crippen molar-refractivity contribution < 1.29 is 22.6 Å². The maximum Gasteiger partial charge on any atom is 0.422 e. The van der Waals surface area contributed by atoms with Gasteiger partial charge in [0.05, 0.1) is 6.61 Å². The van der Waals surface area contributed by atoms with Crippen LogP contribution in [0.15, 0.2) is 24.3 Å². The van der Waals surface area contributed by atoms with Gasteiger partial charge in [-0.05, 0) is 19.1 Å². The molecule has 15 heavy (non-hydrogen) atoms. The number of alkyl halides is 3. The first-order valence-electron chi connectivity index (χ1n) is 4.44. The van der Waals surface area contributed by atoms with Crippen molar-refractivity contribution in [2.24, 2.45) is 0 Å². The topological polar surface area (TPSA) is 18.5 Å². The van der Waals surface area contributed by atoms with Crippen molar-refractivity contribution >= 4 is 0 Å². The van der Waals surface area contributed by atoms with Crippen LogP contribution in [0.2, 0.25) is 0 Å². The third-order valence-electron chi connectivity index (χ3n) is 1.54. The lowest BCUT2D eigenvalue weighted by atomic mass is 10.3. The molecule has 0 bridgehead atoms. The molecule has 0 unspecified atom stereocenters. The van der Waals surface area contributed by atoms with E-state index in [-0.39, 0.29) is 5.75 Å². The molecule has 0 aliphatic carbocycles. The van der Waals surface area contributed by atoms with Crippen LogP contribution in [0, 0.1) is 0 Å². The summed E-state index contributed by atoms with van der Waals surface area (Å²) >= 11 is 0. The molecule has 84 valence electrons. The van der Waals surface area contributed by atoms with E-state index < -0.39 is 12.8 Å². The van der Waals surface area contributed by atoms with Crippen molar-refractivity contribution in [1.29, 1.82) is 0 Å². The Kier molecular flexibility index (Phi) is 3.82. The van der Waals surface area contributed by atoms with Gasteiger partial charge in [0.25, 0.3) is 0 Å². The van der Waals surface area contributed by atoms with Crippen molar-refractivity contribution in [2.75, 3.05) is 13.2 Å². The zero-order valence-corrected chi connectivity index (χ0v) is 8.17. The van der Waals surface area contributed by atoms with Crippen LogP contribution >= 0.6 is 0 Å². The summed E-state index contributed by atoms with van der Waals surface area (Å²) in [6.07, 6.45) is -4.33. The van der Waals surface area contributed by atoms with Crippen LogP contribution < -0.4 is 9.47 Å². The zero-order valence-electron chi connectivity index (χ0n) is 8.17. The van der Waals surface area contributed by atoms with Crippen molar-refractivity contribution in [3.63, 3.8) is 0 Å². The Morgan fingerprint density at radius 1 is 1.07 bits per heavy atom. The minimum Gasteiger partial charge on any atom is -0.490 e. The van der Waals surface area contributed by atoms with E-state index in [0.29, 0.717) is 12.4 Å². The Bertz CT molecular complexity index is 310. The Morgan fingerprint density at radius 2 is 1.60 bits per heavy atom. The maximum absolute atomic E-state index is 11.9. The highest BCUT2D eigenvalue weighted by molar-refractivity contribution is 5.39. The largest absolute Gasteiger partial charge is 0.490 e. The Hall–Kier alpha value is -1.39. The van der Waals surface area contributed by atoms with E-state index in [4.69, 9.17) is 4.74 Å². The second kappa shape index (κ2) is 4.91. The molecular formula is C10H11F3O2. The number of hydrogen-bond donors (Lipinski definition) is 0. The number of para-hydroxylation sites is 2. The molecule has 0 N–H and O–H groups in total. The van der Waals surface area contributed by atoms with E-state index in [1.807, 2.05) is 0 Å². The zero-order chi connectivity index (χ0) is 11.3. The summed E-state index contributed by atoms with van der Waals surface area (Å²) in [6, 6.07) is 6.27. The molecule has 0 heterocycles.